The maximum atomic E-state index is 11.5. The SMILES string of the molecule is O=c1cc(NC2CCSC2)nc(C2CC2)[nH]1. The van der Waals surface area contributed by atoms with Gasteiger partial charge in [0.25, 0.3) is 5.56 Å². The van der Waals surface area contributed by atoms with Crippen LogP contribution in [0.3, 0.4) is 0 Å². The molecule has 1 aliphatic heterocycles. The third-order valence-electron chi connectivity index (χ3n) is 3.01. The average molecular weight is 237 g/mol. The zero-order chi connectivity index (χ0) is 11.0. The number of aromatic amines is 1. The van der Waals surface area contributed by atoms with Gasteiger partial charge in [0.15, 0.2) is 0 Å². The molecule has 2 N–H and O–H groups in total. The van der Waals surface area contributed by atoms with E-state index in [4.69, 9.17) is 0 Å². The van der Waals surface area contributed by atoms with Crippen LogP contribution in [-0.4, -0.2) is 27.5 Å². The lowest BCUT2D eigenvalue weighted by Crippen LogP contribution is -2.21. The van der Waals surface area contributed by atoms with Crippen molar-refractivity contribution < 1.29 is 0 Å². The molecule has 0 bridgehead atoms. The first-order valence-electron chi connectivity index (χ1n) is 5.77. The van der Waals surface area contributed by atoms with Gasteiger partial charge in [-0.15, -0.1) is 0 Å². The largest absolute Gasteiger partial charge is 0.366 e. The Morgan fingerprint density at radius 3 is 3.00 bits per heavy atom. The van der Waals surface area contributed by atoms with Crippen molar-refractivity contribution in [3.05, 3.63) is 22.2 Å². The Morgan fingerprint density at radius 1 is 1.44 bits per heavy atom. The van der Waals surface area contributed by atoms with Gasteiger partial charge in [0, 0.05) is 23.8 Å². The van der Waals surface area contributed by atoms with Gasteiger partial charge in [0.1, 0.15) is 11.6 Å². The summed E-state index contributed by atoms with van der Waals surface area (Å²) >= 11 is 1.95. The highest BCUT2D eigenvalue weighted by molar-refractivity contribution is 7.99. The van der Waals surface area contributed by atoms with E-state index in [2.05, 4.69) is 15.3 Å². The number of hydrogen-bond donors (Lipinski definition) is 2. The van der Waals surface area contributed by atoms with E-state index in [-0.39, 0.29) is 5.56 Å². The highest BCUT2D eigenvalue weighted by Crippen LogP contribution is 2.37. The number of aromatic nitrogens is 2. The maximum Gasteiger partial charge on any atom is 0.252 e. The predicted molar refractivity (Wildman–Crippen MR) is 66.2 cm³/mol. The van der Waals surface area contributed by atoms with Crippen molar-refractivity contribution in [3.8, 4) is 0 Å². The Hall–Kier alpha value is -0.970. The van der Waals surface area contributed by atoms with Gasteiger partial charge >= 0.3 is 0 Å². The van der Waals surface area contributed by atoms with Crippen LogP contribution in [0.5, 0.6) is 0 Å². The van der Waals surface area contributed by atoms with Gasteiger partial charge in [-0.3, -0.25) is 4.79 Å². The highest BCUT2D eigenvalue weighted by atomic mass is 32.2. The summed E-state index contributed by atoms with van der Waals surface area (Å²) in [5.74, 6) is 4.43. The number of nitrogens with zero attached hydrogens (tertiary/aromatic N) is 1. The molecule has 2 fully saturated rings. The summed E-state index contributed by atoms with van der Waals surface area (Å²) in [6.45, 7) is 0. The van der Waals surface area contributed by atoms with Crippen molar-refractivity contribution in [2.75, 3.05) is 16.8 Å². The van der Waals surface area contributed by atoms with Gasteiger partial charge in [0.2, 0.25) is 0 Å². The zero-order valence-electron chi connectivity index (χ0n) is 9.03. The molecular formula is C11H15N3OS. The van der Waals surface area contributed by atoms with Crippen molar-refractivity contribution in [2.24, 2.45) is 0 Å². The molecule has 0 radical (unpaired) electrons. The van der Waals surface area contributed by atoms with Gasteiger partial charge < -0.3 is 10.3 Å². The number of H-pyrrole nitrogens is 1. The molecular weight excluding hydrogens is 222 g/mol. The van der Waals surface area contributed by atoms with Crippen molar-refractivity contribution in [2.45, 2.75) is 31.2 Å². The van der Waals surface area contributed by atoms with E-state index in [0.717, 1.165) is 36.7 Å². The Balaban J connectivity index is 1.79. The fraction of sp³-hybridized carbons (Fsp3) is 0.636. The fourth-order valence-electron chi connectivity index (χ4n) is 1.96. The smallest absolute Gasteiger partial charge is 0.252 e. The summed E-state index contributed by atoms with van der Waals surface area (Å²) < 4.78 is 0. The molecule has 2 heterocycles. The second-order valence-electron chi connectivity index (χ2n) is 4.49. The van der Waals surface area contributed by atoms with Crippen LogP contribution in [0.2, 0.25) is 0 Å². The molecule has 1 aromatic rings. The molecule has 86 valence electrons. The normalized spacial score (nSPS) is 24.6. The maximum absolute atomic E-state index is 11.5. The molecule has 1 aromatic heterocycles. The number of rotatable bonds is 3. The lowest BCUT2D eigenvalue weighted by Gasteiger charge is -2.12. The Morgan fingerprint density at radius 2 is 2.31 bits per heavy atom. The number of anilines is 1. The predicted octanol–water partition coefficient (Wildman–Crippen LogP) is 1.56. The van der Waals surface area contributed by atoms with Gasteiger partial charge in [-0.25, -0.2) is 4.98 Å². The summed E-state index contributed by atoms with van der Waals surface area (Å²) in [5, 5.41) is 3.35. The highest BCUT2D eigenvalue weighted by Gasteiger charge is 2.26. The minimum Gasteiger partial charge on any atom is -0.366 e. The number of thioether (sulfide) groups is 1. The number of hydrogen-bond acceptors (Lipinski definition) is 4. The molecule has 0 aromatic carbocycles. The third kappa shape index (κ3) is 2.24. The van der Waals surface area contributed by atoms with E-state index < -0.39 is 0 Å². The molecule has 1 saturated heterocycles. The minimum absolute atomic E-state index is 0.0370. The van der Waals surface area contributed by atoms with Crippen molar-refractivity contribution in [3.63, 3.8) is 0 Å². The fourth-order valence-corrected chi connectivity index (χ4v) is 3.11. The molecule has 1 saturated carbocycles. The third-order valence-corrected chi connectivity index (χ3v) is 4.17. The van der Waals surface area contributed by atoms with Crippen LogP contribution in [0.25, 0.3) is 0 Å². The molecule has 16 heavy (non-hydrogen) atoms. The first-order chi connectivity index (χ1) is 7.81. The van der Waals surface area contributed by atoms with E-state index in [1.165, 1.54) is 5.75 Å². The molecule has 4 nitrogen and oxygen atoms in total. The summed E-state index contributed by atoms with van der Waals surface area (Å²) in [4.78, 5) is 18.8. The van der Waals surface area contributed by atoms with Crippen LogP contribution in [0.1, 0.15) is 31.0 Å². The first-order valence-corrected chi connectivity index (χ1v) is 6.92. The van der Waals surface area contributed by atoms with Crippen LogP contribution < -0.4 is 10.9 Å². The van der Waals surface area contributed by atoms with Crippen molar-refractivity contribution in [1.29, 1.82) is 0 Å². The lowest BCUT2D eigenvalue weighted by atomic mass is 10.2. The quantitative estimate of drug-likeness (QED) is 0.837. The van der Waals surface area contributed by atoms with Crippen molar-refractivity contribution >= 4 is 17.6 Å². The monoisotopic (exact) mass is 237 g/mol. The summed E-state index contributed by atoms with van der Waals surface area (Å²) in [6, 6.07) is 2.04. The van der Waals surface area contributed by atoms with Crippen LogP contribution in [0, 0.1) is 0 Å². The molecule has 0 spiro atoms. The standard InChI is InChI=1S/C11H15N3OS/c15-10-5-9(12-8-3-4-16-6-8)13-11(14-10)7-1-2-7/h5,7-8H,1-4,6H2,(H2,12,13,14,15). The molecule has 3 rings (SSSR count). The van der Waals surface area contributed by atoms with Crippen molar-refractivity contribution in [1.82, 2.24) is 9.97 Å². The van der Waals surface area contributed by atoms with E-state index in [1.807, 2.05) is 11.8 Å². The Kier molecular flexibility index (Phi) is 2.63. The topological polar surface area (TPSA) is 57.8 Å². The van der Waals surface area contributed by atoms with Gasteiger partial charge in [-0.1, -0.05) is 0 Å². The van der Waals surface area contributed by atoms with Gasteiger partial charge in [-0.05, 0) is 25.0 Å². The number of nitrogens with one attached hydrogen (secondary N) is 2. The van der Waals surface area contributed by atoms with E-state index in [9.17, 15) is 4.79 Å². The molecule has 2 aliphatic rings. The van der Waals surface area contributed by atoms with Crippen LogP contribution in [0.15, 0.2) is 10.9 Å². The molecule has 1 unspecified atom stereocenters. The molecule has 1 aliphatic carbocycles. The zero-order valence-corrected chi connectivity index (χ0v) is 9.85. The van der Waals surface area contributed by atoms with E-state index in [1.54, 1.807) is 6.07 Å². The van der Waals surface area contributed by atoms with Crippen LogP contribution in [0.4, 0.5) is 5.82 Å². The summed E-state index contributed by atoms with van der Waals surface area (Å²) in [5.41, 5.74) is -0.0370. The Bertz CT molecular complexity index is 435. The summed E-state index contributed by atoms with van der Waals surface area (Å²) in [6.07, 6.45) is 3.48. The van der Waals surface area contributed by atoms with Crippen LogP contribution in [-0.2, 0) is 0 Å². The minimum atomic E-state index is -0.0370. The Labute approximate surface area is 98.2 Å². The second-order valence-corrected chi connectivity index (χ2v) is 5.64. The average Bonchev–Trinajstić information content (AvgIpc) is 2.98. The van der Waals surface area contributed by atoms with E-state index >= 15 is 0 Å². The molecule has 5 heteroatoms. The first kappa shape index (κ1) is 10.2. The lowest BCUT2D eigenvalue weighted by molar-refractivity contribution is 0.797. The van der Waals surface area contributed by atoms with Gasteiger partial charge in [0.05, 0.1) is 0 Å². The van der Waals surface area contributed by atoms with E-state index in [0.29, 0.717) is 12.0 Å². The molecule has 0 amide bonds. The second kappa shape index (κ2) is 4.13. The summed E-state index contributed by atoms with van der Waals surface area (Å²) in [7, 11) is 0. The van der Waals surface area contributed by atoms with Gasteiger partial charge in [-0.2, -0.15) is 11.8 Å². The van der Waals surface area contributed by atoms with Crippen LogP contribution >= 0.6 is 11.8 Å². The molecule has 1 atom stereocenters.